The smallest absolute Gasteiger partial charge is 0.245 e. The lowest BCUT2D eigenvalue weighted by Gasteiger charge is -2.10. The molecule has 5 heteroatoms. The minimum Gasteiger partial charge on any atom is -0.491 e. The minimum absolute atomic E-state index is 0.176. The summed E-state index contributed by atoms with van der Waals surface area (Å²) < 4.78 is 10.9. The highest BCUT2D eigenvalue weighted by molar-refractivity contribution is 6.02. The molecule has 3 N–H and O–H groups in total. The first-order valence-electron chi connectivity index (χ1n) is 6.02. The fraction of sp³-hybridized carbons (Fsp3) is 0.462. The molecule has 1 unspecified atom stereocenters. The molecule has 98 valence electrons. The second kappa shape index (κ2) is 5.37. The molecule has 5 nitrogen and oxygen atoms in total. The predicted molar refractivity (Wildman–Crippen MR) is 68.6 cm³/mol. The molecule has 1 aromatic carbocycles. The molecule has 0 bridgehead atoms. The summed E-state index contributed by atoms with van der Waals surface area (Å²) in [6.07, 6.45) is 0.200. The third-order valence-electron chi connectivity index (χ3n) is 2.70. The topological polar surface area (TPSA) is 73.6 Å². The van der Waals surface area contributed by atoms with Crippen LogP contribution in [0.3, 0.4) is 0 Å². The molecule has 1 aliphatic rings. The van der Waals surface area contributed by atoms with Crippen molar-refractivity contribution in [3.05, 3.63) is 23.8 Å². The van der Waals surface area contributed by atoms with E-state index in [4.69, 9.17) is 15.2 Å². The van der Waals surface area contributed by atoms with Crippen LogP contribution in [-0.4, -0.2) is 25.2 Å². The number of nitrogens with two attached hydrogens (primary N) is 1. The van der Waals surface area contributed by atoms with E-state index in [2.05, 4.69) is 5.32 Å². The van der Waals surface area contributed by atoms with Gasteiger partial charge in [-0.25, -0.2) is 0 Å². The Labute approximate surface area is 106 Å². The Morgan fingerprint density at radius 3 is 2.89 bits per heavy atom. The number of amides is 1. The van der Waals surface area contributed by atoms with Crippen molar-refractivity contribution < 1.29 is 14.3 Å². The largest absolute Gasteiger partial charge is 0.491 e. The Morgan fingerprint density at radius 1 is 1.39 bits per heavy atom. The first-order valence-corrected chi connectivity index (χ1v) is 6.02. The lowest BCUT2D eigenvalue weighted by atomic mass is 10.1. The maximum atomic E-state index is 11.4. The number of anilines is 1. The third kappa shape index (κ3) is 2.80. The van der Waals surface area contributed by atoms with E-state index < -0.39 is 6.04 Å². The average molecular weight is 250 g/mol. The second-order valence-electron chi connectivity index (χ2n) is 4.48. The van der Waals surface area contributed by atoms with Crippen molar-refractivity contribution in [2.24, 2.45) is 5.73 Å². The molecule has 0 spiro atoms. The number of carbonyl (C=O) groups is 1. The van der Waals surface area contributed by atoms with Crippen LogP contribution in [0.1, 0.15) is 25.5 Å². The van der Waals surface area contributed by atoms with E-state index >= 15 is 0 Å². The summed E-state index contributed by atoms with van der Waals surface area (Å²) in [5.41, 5.74) is 7.26. The number of fused-ring (bicyclic) bond motifs is 1. The van der Waals surface area contributed by atoms with Crippen molar-refractivity contribution in [1.82, 2.24) is 0 Å². The maximum absolute atomic E-state index is 11.4. The fourth-order valence-corrected chi connectivity index (χ4v) is 1.80. The summed E-state index contributed by atoms with van der Waals surface area (Å²) in [4.78, 5) is 11.4. The van der Waals surface area contributed by atoms with E-state index in [1.165, 1.54) is 0 Å². The first kappa shape index (κ1) is 12.9. The monoisotopic (exact) mass is 250 g/mol. The van der Waals surface area contributed by atoms with Gasteiger partial charge in [-0.3, -0.25) is 4.79 Å². The van der Waals surface area contributed by atoms with Crippen molar-refractivity contribution in [2.75, 3.05) is 18.5 Å². The van der Waals surface area contributed by atoms with Crippen molar-refractivity contribution in [3.8, 4) is 5.75 Å². The van der Waals surface area contributed by atoms with Crippen LogP contribution in [0.5, 0.6) is 5.75 Å². The second-order valence-corrected chi connectivity index (χ2v) is 4.48. The van der Waals surface area contributed by atoms with Gasteiger partial charge in [0.25, 0.3) is 0 Å². The molecule has 18 heavy (non-hydrogen) atoms. The average Bonchev–Trinajstić information content (AvgIpc) is 2.60. The summed E-state index contributed by atoms with van der Waals surface area (Å²) in [7, 11) is 0. The van der Waals surface area contributed by atoms with Crippen molar-refractivity contribution >= 4 is 11.6 Å². The molecular formula is C13H18N2O3. The Morgan fingerprint density at radius 2 is 2.17 bits per heavy atom. The van der Waals surface area contributed by atoms with Gasteiger partial charge in [0.2, 0.25) is 5.91 Å². The van der Waals surface area contributed by atoms with Gasteiger partial charge in [0.05, 0.1) is 12.7 Å². The first-order chi connectivity index (χ1) is 8.58. The van der Waals surface area contributed by atoms with E-state index in [1.54, 1.807) is 6.07 Å². The zero-order chi connectivity index (χ0) is 13.1. The zero-order valence-corrected chi connectivity index (χ0v) is 10.6. The molecule has 0 saturated carbocycles. The molecule has 2 rings (SSSR count). The highest BCUT2D eigenvalue weighted by Gasteiger charge is 2.27. The lowest BCUT2D eigenvalue weighted by molar-refractivity contribution is -0.116. The van der Waals surface area contributed by atoms with Gasteiger partial charge in [-0.15, -0.1) is 0 Å². The predicted octanol–water partition coefficient (Wildman–Crippen LogP) is 1.44. The summed E-state index contributed by atoms with van der Waals surface area (Å²) in [6.45, 7) is 4.98. The van der Waals surface area contributed by atoms with Crippen LogP contribution in [0.2, 0.25) is 0 Å². The summed E-state index contributed by atoms with van der Waals surface area (Å²) >= 11 is 0. The van der Waals surface area contributed by atoms with Gasteiger partial charge < -0.3 is 20.5 Å². The van der Waals surface area contributed by atoms with Crippen LogP contribution in [0.4, 0.5) is 5.69 Å². The number of ether oxygens (including phenoxy) is 2. The number of nitrogens with one attached hydrogen (secondary N) is 1. The van der Waals surface area contributed by atoms with Gasteiger partial charge >= 0.3 is 0 Å². The molecule has 0 aliphatic carbocycles. The molecule has 1 aromatic rings. The van der Waals surface area contributed by atoms with Gasteiger partial charge in [0, 0.05) is 17.3 Å². The molecular weight excluding hydrogens is 232 g/mol. The van der Waals surface area contributed by atoms with Crippen LogP contribution in [-0.2, 0) is 9.53 Å². The van der Waals surface area contributed by atoms with Crippen LogP contribution in [0.15, 0.2) is 18.2 Å². The van der Waals surface area contributed by atoms with Crippen molar-refractivity contribution in [1.29, 1.82) is 0 Å². The number of hydrogen-bond donors (Lipinski definition) is 2. The standard InChI is InChI=1S/C13H18N2O3/c1-8(2)17-5-6-18-9-3-4-10-11(7-9)15-13(16)12(10)14/h3-4,7-8,12H,5-6,14H2,1-2H3,(H,15,16). The van der Waals surface area contributed by atoms with E-state index in [1.807, 2.05) is 26.0 Å². The lowest BCUT2D eigenvalue weighted by Crippen LogP contribution is -2.19. The van der Waals surface area contributed by atoms with Crippen molar-refractivity contribution in [3.63, 3.8) is 0 Å². The van der Waals surface area contributed by atoms with Gasteiger partial charge in [-0.1, -0.05) is 6.07 Å². The Balaban J connectivity index is 1.92. The van der Waals surface area contributed by atoms with Gasteiger partial charge in [-0.05, 0) is 19.9 Å². The fourth-order valence-electron chi connectivity index (χ4n) is 1.80. The zero-order valence-electron chi connectivity index (χ0n) is 10.6. The molecule has 1 atom stereocenters. The molecule has 0 radical (unpaired) electrons. The van der Waals surface area contributed by atoms with Gasteiger partial charge in [0.15, 0.2) is 0 Å². The van der Waals surface area contributed by atoms with Crippen LogP contribution in [0, 0.1) is 0 Å². The molecule has 0 saturated heterocycles. The number of carbonyl (C=O) groups excluding carboxylic acids is 1. The molecule has 1 aliphatic heterocycles. The maximum Gasteiger partial charge on any atom is 0.245 e. The SMILES string of the molecule is CC(C)OCCOc1ccc2c(c1)NC(=O)C2N. The highest BCUT2D eigenvalue weighted by atomic mass is 16.5. The molecule has 1 heterocycles. The summed E-state index contributed by atoms with van der Waals surface area (Å²) in [5, 5.41) is 2.72. The van der Waals surface area contributed by atoms with E-state index in [0.29, 0.717) is 19.0 Å². The number of rotatable bonds is 5. The van der Waals surface area contributed by atoms with Gasteiger partial charge in [0.1, 0.15) is 18.4 Å². The Hall–Kier alpha value is -1.59. The number of benzene rings is 1. The van der Waals surface area contributed by atoms with Crippen molar-refractivity contribution in [2.45, 2.75) is 26.0 Å². The highest BCUT2D eigenvalue weighted by Crippen LogP contribution is 2.32. The summed E-state index contributed by atoms with van der Waals surface area (Å²) in [6, 6.07) is 4.85. The minimum atomic E-state index is -0.571. The van der Waals surface area contributed by atoms with Crippen LogP contribution < -0.4 is 15.8 Å². The van der Waals surface area contributed by atoms with Crippen LogP contribution >= 0.6 is 0 Å². The molecule has 1 amide bonds. The quantitative estimate of drug-likeness (QED) is 0.776. The van der Waals surface area contributed by atoms with Gasteiger partial charge in [-0.2, -0.15) is 0 Å². The normalized spacial score (nSPS) is 17.8. The Bertz CT molecular complexity index is 446. The summed E-state index contributed by atoms with van der Waals surface area (Å²) in [5.74, 6) is 0.529. The van der Waals surface area contributed by atoms with E-state index in [-0.39, 0.29) is 12.0 Å². The molecule has 0 fully saturated rings. The van der Waals surface area contributed by atoms with E-state index in [0.717, 1.165) is 11.3 Å². The number of hydrogen-bond acceptors (Lipinski definition) is 4. The third-order valence-corrected chi connectivity index (χ3v) is 2.70. The molecule has 0 aromatic heterocycles. The Kier molecular flexibility index (Phi) is 3.84. The van der Waals surface area contributed by atoms with Crippen LogP contribution in [0.25, 0.3) is 0 Å². The van der Waals surface area contributed by atoms with E-state index in [9.17, 15) is 4.79 Å².